The SMILES string of the molecule is COC(=O)CCS(=O)(=O)N(C)C. The normalized spacial score (nSPS) is 11.7. The van der Waals surface area contributed by atoms with Gasteiger partial charge in [0.15, 0.2) is 0 Å². The number of esters is 1. The second-order valence-electron chi connectivity index (χ2n) is 2.42. The molecule has 0 rings (SSSR count). The summed E-state index contributed by atoms with van der Waals surface area (Å²) < 4.78 is 27.5. The molecule has 0 aliphatic heterocycles. The average molecular weight is 195 g/mol. The van der Waals surface area contributed by atoms with Crippen LogP contribution in [0.1, 0.15) is 6.42 Å². The van der Waals surface area contributed by atoms with E-state index in [1.165, 1.54) is 21.2 Å². The van der Waals surface area contributed by atoms with E-state index < -0.39 is 16.0 Å². The first-order chi connectivity index (χ1) is 5.40. The van der Waals surface area contributed by atoms with Gasteiger partial charge in [0.25, 0.3) is 0 Å². The van der Waals surface area contributed by atoms with Crippen LogP contribution >= 0.6 is 0 Å². The van der Waals surface area contributed by atoms with E-state index in [1.54, 1.807) is 0 Å². The molecule has 0 spiro atoms. The Morgan fingerprint density at radius 3 is 2.25 bits per heavy atom. The van der Waals surface area contributed by atoms with Crippen molar-refractivity contribution in [2.24, 2.45) is 0 Å². The first-order valence-electron chi connectivity index (χ1n) is 3.37. The highest BCUT2D eigenvalue weighted by molar-refractivity contribution is 7.89. The lowest BCUT2D eigenvalue weighted by molar-refractivity contribution is -0.140. The molecule has 0 heterocycles. The third-order valence-corrected chi connectivity index (χ3v) is 3.18. The fourth-order valence-electron chi connectivity index (χ4n) is 0.497. The minimum Gasteiger partial charge on any atom is -0.469 e. The predicted octanol–water partition coefficient (Wildman–Crippen LogP) is -0.559. The highest BCUT2D eigenvalue weighted by Crippen LogP contribution is 1.97. The summed E-state index contributed by atoms with van der Waals surface area (Å²) in [4.78, 5) is 10.6. The molecule has 0 aromatic heterocycles. The Kier molecular flexibility index (Phi) is 4.19. The number of carbonyl (C=O) groups excluding carboxylic acids is 1. The first kappa shape index (κ1) is 11.4. The van der Waals surface area contributed by atoms with Crippen LogP contribution in [-0.2, 0) is 19.6 Å². The Morgan fingerprint density at radius 1 is 1.42 bits per heavy atom. The number of rotatable bonds is 4. The van der Waals surface area contributed by atoms with Gasteiger partial charge in [-0.25, -0.2) is 12.7 Å². The molecular formula is C6H13NO4S. The zero-order valence-corrected chi connectivity index (χ0v) is 8.22. The van der Waals surface area contributed by atoms with Crippen LogP contribution in [0.3, 0.4) is 0 Å². The largest absolute Gasteiger partial charge is 0.469 e. The molecule has 0 atom stereocenters. The Hall–Kier alpha value is -0.620. The van der Waals surface area contributed by atoms with Gasteiger partial charge in [-0.3, -0.25) is 4.79 Å². The summed E-state index contributed by atoms with van der Waals surface area (Å²) in [6.07, 6.45) is -0.100. The minimum atomic E-state index is -3.27. The lowest BCUT2D eigenvalue weighted by Gasteiger charge is -2.09. The van der Waals surface area contributed by atoms with Crippen molar-refractivity contribution < 1.29 is 17.9 Å². The van der Waals surface area contributed by atoms with Crippen LogP contribution in [0.25, 0.3) is 0 Å². The molecule has 5 nitrogen and oxygen atoms in total. The molecule has 12 heavy (non-hydrogen) atoms. The molecule has 0 N–H and O–H groups in total. The third kappa shape index (κ3) is 3.68. The van der Waals surface area contributed by atoms with Crippen molar-refractivity contribution in [3.05, 3.63) is 0 Å². The molecule has 0 saturated heterocycles. The van der Waals surface area contributed by atoms with E-state index in [1.807, 2.05) is 0 Å². The molecule has 0 aliphatic carbocycles. The summed E-state index contributed by atoms with van der Waals surface area (Å²) in [5.74, 6) is -0.715. The number of sulfonamides is 1. The van der Waals surface area contributed by atoms with Crippen LogP contribution in [0, 0.1) is 0 Å². The van der Waals surface area contributed by atoms with Crippen LogP contribution in [0.5, 0.6) is 0 Å². The number of hydrogen-bond donors (Lipinski definition) is 0. The van der Waals surface area contributed by atoms with Crippen molar-refractivity contribution in [1.29, 1.82) is 0 Å². The fraction of sp³-hybridized carbons (Fsp3) is 0.833. The molecule has 0 bridgehead atoms. The Bertz CT molecular complexity index is 244. The summed E-state index contributed by atoms with van der Waals surface area (Å²) in [6.45, 7) is 0. The summed E-state index contributed by atoms with van der Waals surface area (Å²) in [6, 6.07) is 0. The van der Waals surface area contributed by atoms with Gasteiger partial charge in [0, 0.05) is 14.1 Å². The molecule has 0 aromatic rings. The topological polar surface area (TPSA) is 63.7 Å². The molecule has 0 aliphatic rings. The Labute approximate surface area is 72.4 Å². The highest BCUT2D eigenvalue weighted by Gasteiger charge is 2.15. The maximum Gasteiger partial charge on any atom is 0.306 e. The zero-order chi connectivity index (χ0) is 9.78. The third-order valence-electron chi connectivity index (χ3n) is 1.35. The molecule has 0 unspecified atom stereocenters. The molecule has 0 amide bonds. The number of methoxy groups -OCH3 is 1. The zero-order valence-electron chi connectivity index (χ0n) is 7.40. The molecule has 72 valence electrons. The molecule has 0 saturated carbocycles. The van der Waals surface area contributed by atoms with E-state index in [-0.39, 0.29) is 12.2 Å². The number of nitrogens with zero attached hydrogens (tertiary/aromatic N) is 1. The predicted molar refractivity (Wildman–Crippen MR) is 44.1 cm³/mol. The van der Waals surface area contributed by atoms with Crippen molar-refractivity contribution in [3.8, 4) is 0 Å². The van der Waals surface area contributed by atoms with E-state index in [9.17, 15) is 13.2 Å². The van der Waals surface area contributed by atoms with Crippen molar-refractivity contribution in [1.82, 2.24) is 4.31 Å². The van der Waals surface area contributed by atoms with Gasteiger partial charge in [0.05, 0.1) is 19.3 Å². The Balaban J connectivity index is 4.02. The smallest absolute Gasteiger partial charge is 0.306 e. The van der Waals surface area contributed by atoms with Gasteiger partial charge in [-0.1, -0.05) is 0 Å². The Morgan fingerprint density at radius 2 is 1.92 bits per heavy atom. The van der Waals surface area contributed by atoms with Crippen LogP contribution in [0.15, 0.2) is 0 Å². The molecular weight excluding hydrogens is 182 g/mol. The van der Waals surface area contributed by atoms with Gasteiger partial charge in [-0.2, -0.15) is 0 Å². The maximum atomic E-state index is 11.1. The second-order valence-corrected chi connectivity index (χ2v) is 4.73. The van der Waals surface area contributed by atoms with E-state index >= 15 is 0 Å². The van der Waals surface area contributed by atoms with Gasteiger partial charge in [-0.05, 0) is 0 Å². The number of ether oxygens (including phenoxy) is 1. The van der Waals surface area contributed by atoms with E-state index in [2.05, 4.69) is 4.74 Å². The second kappa shape index (κ2) is 4.42. The highest BCUT2D eigenvalue weighted by atomic mass is 32.2. The molecule has 6 heteroatoms. The van der Waals surface area contributed by atoms with Gasteiger partial charge in [-0.15, -0.1) is 0 Å². The lowest BCUT2D eigenvalue weighted by Crippen LogP contribution is -2.26. The van der Waals surface area contributed by atoms with Crippen molar-refractivity contribution >= 4 is 16.0 Å². The van der Waals surface area contributed by atoms with Crippen LogP contribution in [0.4, 0.5) is 0 Å². The lowest BCUT2D eigenvalue weighted by atomic mass is 10.5. The van der Waals surface area contributed by atoms with E-state index in [4.69, 9.17) is 0 Å². The van der Waals surface area contributed by atoms with Gasteiger partial charge in [0.1, 0.15) is 0 Å². The first-order valence-corrected chi connectivity index (χ1v) is 4.98. The van der Waals surface area contributed by atoms with Gasteiger partial charge in [0.2, 0.25) is 10.0 Å². The van der Waals surface area contributed by atoms with Crippen molar-refractivity contribution in [2.45, 2.75) is 6.42 Å². The number of carbonyl (C=O) groups is 1. The van der Waals surface area contributed by atoms with Crippen molar-refractivity contribution in [3.63, 3.8) is 0 Å². The average Bonchev–Trinajstić information content (AvgIpc) is 2.00. The molecule has 0 aromatic carbocycles. The van der Waals surface area contributed by atoms with E-state index in [0.717, 1.165) is 4.31 Å². The number of hydrogen-bond acceptors (Lipinski definition) is 4. The summed E-state index contributed by atoms with van der Waals surface area (Å²) in [5.41, 5.74) is 0. The van der Waals surface area contributed by atoms with E-state index in [0.29, 0.717) is 0 Å². The molecule has 0 fully saturated rings. The maximum absolute atomic E-state index is 11.1. The fourth-order valence-corrected chi connectivity index (χ4v) is 1.29. The van der Waals surface area contributed by atoms with Crippen LogP contribution < -0.4 is 0 Å². The van der Waals surface area contributed by atoms with Crippen molar-refractivity contribution in [2.75, 3.05) is 27.0 Å². The van der Waals surface area contributed by atoms with Gasteiger partial charge >= 0.3 is 5.97 Å². The summed E-state index contributed by atoms with van der Waals surface area (Å²) >= 11 is 0. The molecule has 0 radical (unpaired) electrons. The van der Waals surface area contributed by atoms with Crippen LogP contribution in [-0.4, -0.2) is 45.7 Å². The summed E-state index contributed by atoms with van der Waals surface area (Å²) in [5, 5.41) is 0. The standard InChI is InChI=1S/C6H13NO4S/c1-7(2)12(9,10)5-4-6(8)11-3/h4-5H2,1-3H3. The summed E-state index contributed by atoms with van der Waals surface area (Å²) in [7, 11) is 0.802. The van der Waals surface area contributed by atoms with Gasteiger partial charge < -0.3 is 4.74 Å². The van der Waals surface area contributed by atoms with Crippen LogP contribution in [0.2, 0.25) is 0 Å². The monoisotopic (exact) mass is 195 g/mol. The quantitative estimate of drug-likeness (QED) is 0.564. The minimum absolute atomic E-state index is 0.100.